The SMILES string of the molecule is O=C(CCc1nc(-c2ccncc2)no1)N1CCCN(C2CCCC2)CC1. The van der Waals surface area contributed by atoms with Crippen molar-refractivity contribution in [2.45, 2.75) is 51.0 Å². The van der Waals surface area contributed by atoms with Gasteiger partial charge in [0.05, 0.1) is 0 Å². The molecule has 0 atom stereocenters. The summed E-state index contributed by atoms with van der Waals surface area (Å²) in [6.45, 7) is 3.81. The van der Waals surface area contributed by atoms with Crippen LogP contribution in [0.25, 0.3) is 11.4 Å². The molecule has 1 aliphatic carbocycles. The Hall–Kier alpha value is -2.28. The summed E-state index contributed by atoms with van der Waals surface area (Å²) in [7, 11) is 0. The van der Waals surface area contributed by atoms with Gasteiger partial charge in [0.15, 0.2) is 0 Å². The van der Waals surface area contributed by atoms with E-state index in [-0.39, 0.29) is 5.91 Å². The molecular formula is C20H27N5O2. The van der Waals surface area contributed by atoms with Gasteiger partial charge in [-0.15, -0.1) is 0 Å². The maximum absolute atomic E-state index is 12.6. The van der Waals surface area contributed by atoms with E-state index < -0.39 is 0 Å². The van der Waals surface area contributed by atoms with Gasteiger partial charge in [-0.1, -0.05) is 18.0 Å². The standard InChI is InChI=1S/C20H27N5O2/c26-19(25-13-3-12-24(14-15-25)17-4-1-2-5-17)7-6-18-22-20(23-27-18)16-8-10-21-11-9-16/h8-11,17H,1-7,12-15H2. The molecule has 0 spiro atoms. The predicted molar refractivity (Wildman–Crippen MR) is 101 cm³/mol. The summed E-state index contributed by atoms with van der Waals surface area (Å²) < 4.78 is 5.31. The zero-order chi connectivity index (χ0) is 18.5. The average Bonchev–Trinajstić information content (AvgIpc) is 3.35. The first-order chi connectivity index (χ1) is 13.3. The molecule has 0 bridgehead atoms. The van der Waals surface area contributed by atoms with E-state index in [9.17, 15) is 4.79 Å². The molecule has 144 valence electrons. The van der Waals surface area contributed by atoms with Crippen LogP contribution in [0, 0.1) is 0 Å². The number of nitrogens with zero attached hydrogens (tertiary/aromatic N) is 5. The topological polar surface area (TPSA) is 75.4 Å². The predicted octanol–water partition coefficient (Wildman–Crippen LogP) is 2.54. The minimum Gasteiger partial charge on any atom is -0.341 e. The lowest BCUT2D eigenvalue weighted by Gasteiger charge is -2.27. The number of hydrogen-bond donors (Lipinski definition) is 0. The third kappa shape index (κ3) is 4.53. The largest absolute Gasteiger partial charge is 0.341 e. The van der Waals surface area contributed by atoms with Gasteiger partial charge in [-0.3, -0.25) is 14.7 Å². The monoisotopic (exact) mass is 369 g/mol. The van der Waals surface area contributed by atoms with Crippen molar-refractivity contribution >= 4 is 5.91 Å². The minimum absolute atomic E-state index is 0.187. The molecule has 1 saturated heterocycles. The summed E-state index contributed by atoms with van der Waals surface area (Å²) in [4.78, 5) is 25.6. The van der Waals surface area contributed by atoms with E-state index in [0.717, 1.165) is 44.2 Å². The molecule has 1 aliphatic heterocycles. The summed E-state index contributed by atoms with van der Waals surface area (Å²) >= 11 is 0. The van der Waals surface area contributed by atoms with E-state index in [2.05, 4.69) is 20.0 Å². The van der Waals surface area contributed by atoms with Gasteiger partial charge < -0.3 is 9.42 Å². The highest BCUT2D eigenvalue weighted by Gasteiger charge is 2.26. The highest BCUT2D eigenvalue weighted by molar-refractivity contribution is 5.76. The van der Waals surface area contributed by atoms with E-state index in [4.69, 9.17) is 4.52 Å². The molecule has 4 rings (SSSR count). The fourth-order valence-corrected chi connectivity index (χ4v) is 4.17. The molecular weight excluding hydrogens is 342 g/mol. The van der Waals surface area contributed by atoms with Crippen LogP contribution in [0.4, 0.5) is 0 Å². The maximum Gasteiger partial charge on any atom is 0.227 e. The summed E-state index contributed by atoms with van der Waals surface area (Å²) in [5, 5.41) is 4.00. The number of hydrogen-bond acceptors (Lipinski definition) is 6. The zero-order valence-corrected chi connectivity index (χ0v) is 15.7. The summed E-state index contributed by atoms with van der Waals surface area (Å²) in [6.07, 6.45) is 10.7. The van der Waals surface area contributed by atoms with Gasteiger partial charge in [-0.2, -0.15) is 4.98 Å². The molecule has 7 nitrogen and oxygen atoms in total. The zero-order valence-electron chi connectivity index (χ0n) is 15.7. The quantitative estimate of drug-likeness (QED) is 0.806. The van der Waals surface area contributed by atoms with Crippen LogP contribution < -0.4 is 0 Å². The molecule has 2 fully saturated rings. The summed E-state index contributed by atoms with van der Waals surface area (Å²) in [6, 6.07) is 4.42. The van der Waals surface area contributed by atoms with Crippen molar-refractivity contribution in [2.24, 2.45) is 0 Å². The molecule has 0 N–H and O–H groups in total. The highest BCUT2D eigenvalue weighted by Crippen LogP contribution is 2.24. The van der Waals surface area contributed by atoms with Crippen LogP contribution in [0.3, 0.4) is 0 Å². The summed E-state index contributed by atoms with van der Waals surface area (Å²) in [5.41, 5.74) is 0.867. The van der Waals surface area contributed by atoms with Crippen LogP contribution in [-0.2, 0) is 11.2 Å². The van der Waals surface area contributed by atoms with E-state index in [1.165, 1.54) is 25.7 Å². The Morgan fingerprint density at radius 1 is 1.07 bits per heavy atom. The lowest BCUT2D eigenvalue weighted by atomic mass is 10.2. The van der Waals surface area contributed by atoms with Crippen LogP contribution in [0.15, 0.2) is 29.0 Å². The van der Waals surface area contributed by atoms with Gasteiger partial charge in [0, 0.05) is 63.0 Å². The molecule has 0 radical (unpaired) electrons. The average molecular weight is 369 g/mol. The van der Waals surface area contributed by atoms with Gasteiger partial charge >= 0.3 is 0 Å². The van der Waals surface area contributed by atoms with Crippen molar-refractivity contribution in [1.29, 1.82) is 0 Å². The molecule has 2 aromatic heterocycles. The second-order valence-corrected chi connectivity index (χ2v) is 7.46. The molecule has 3 heterocycles. The summed E-state index contributed by atoms with van der Waals surface area (Å²) in [5.74, 6) is 1.24. The molecule has 0 unspecified atom stereocenters. The number of aromatic nitrogens is 3. The lowest BCUT2D eigenvalue weighted by molar-refractivity contribution is -0.131. The molecule has 27 heavy (non-hydrogen) atoms. The molecule has 1 amide bonds. The van der Waals surface area contributed by atoms with Gasteiger partial charge in [0.2, 0.25) is 17.6 Å². The van der Waals surface area contributed by atoms with Crippen molar-refractivity contribution in [3.8, 4) is 11.4 Å². The Labute approximate surface area is 159 Å². The van der Waals surface area contributed by atoms with Crippen molar-refractivity contribution in [1.82, 2.24) is 24.9 Å². The normalized spacial score (nSPS) is 19.3. The second-order valence-electron chi connectivity index (χ2n) is 7.46. The Morgan fingerprint density at radius 3 is 2.70 bits per heavy atom. The molecule has 2 aromatic rings. The fourth-order valence-electron chi connectivity index (χ4n) is 4.17. The molecule has 2 aliphatic rings. The Bertz CT molecular complexity index is 742. The van der Waals surface area contributed by atoms with Gasteiger partial charge in [0.25, 0.3) is 0 Å². The first-order valence-corrected chi connectivity index (χ1v) is 10.0. The van der Waals surface area contributed by atoms with Crippen LogP contribution >= 0.6 is 0 Å². The third-order valence-corrected chi connectivity index (χ3v) is 5.68. The van der Waals surface area contributed by atoms with Crippen molar-refractivity contribution in [3.05, 3.63) is 30.4 Å². The van der Waals surface area contributed by atoms with Crippen LogP contribution in [0.1, 0.15) is 44.4 Å². The lowest BCUT2D eigenvalue weighted by Crippen LogP contribution is -2.38. The van der Waals surface area contributed by atoms with Gasteiger partial charge in [-0.25, -0.2) is 0 Å². The number of rotatable bonds is 5. The number of pyridine rings is 1. The third-order valence-electron chi connectivity index (χ3n) is 5.68. The van der Waals surface area contributed by atoms with Crippen molar-refractivity contribution < 1.29 is 9.32 Å². The second kappa shape index (κ2) is 8.61. The van der Waals surface area contributed by atoms with Crippen LogP contribution in [0.5, 0.6) is 0 Å². The number of amides is 1. The first kappa shape index (κ1) is 18.1. The molecule has 1 saturated carbocycles. The molecule has 7 heteroatoms. The number of aryl methyl sites for hydroxylation is 1. The smallest absolute Gasteiger partial charge is 0.227 e. The minimum atomic E-state index is 0.187. The van der Waals surface area contributed by atoms with E-state index >= 15 is 0 Å². The van der Waals surface area contributed by atoms with E-state index in [1.807, 2.05) is 17.0 Å². The Kier molecular flexibility index (Phi) is 5.77. The molecule has 0 aromatic carbocycles. The van der Waals surface area contributed by atoms with Gasteiger partial charge in [-0.05, 0) is 31.4 Å². The van der Waals surface area contributed by atoms with Crippen LogP contribution in [0.2, 0.25) is 0 Å². The highest BCUT2D eigenvalue weighted by atomic mass is 16.5. The van der Waals surface area contributed by atoms with Crippen LogP contribution in [-0.4, -0.2) is 63.1 Å². The fraction of sp³-hybridized carbons (Fsp3) is 0.600. The maximum atomic E-state index is 12.6. The number of carbonyl (C=O) groups excluding carboxylic acids is 1. The Balaban J connectivity index is 1.27. The van der Waals surface area contributed by atoms with Crippen molar-refractivity contribution in [3.63, 3.8) is 0 Å². The van der Waals surface area contributed by atoms with Crippen molar-refractivity contribution in [2.75, 3.05) is 26.2 Å². The number of carbonyl (C=O) groups is 1. The first-order valence-electron chi connectivity index (χ1n) is 10.0. The van der Waals surface area contributed by atoms with E-state index in [0.29, 0.717) is 24.6 Å². The Morgan fingerprint density at radius 2 is 1.89 bits per heavy atom. The van der Waals surface area contributed by atoms with E-state index in [1.54, 1.807) is 12.4 Å². The van der Waals surface area contributed by atoms with Gasteiger partial charge in [0.1, 0.15) is 0 Å².